The summed E-state index contributed by atoms with van der Waals surface area (Å²) in [6.45, 7) is 0. The molecule has 4 heteroatoms. The lowest BCUT2D eigenvalue weighted by atomic mass is 10.2. The molecule has 2 aromatic heterocycles. The summed E-state index contributed by atoms with van der Waals surface area (Å²) in [6, 6.07) is 16.7. The number of benzene rings is 2. The third kappa shape index (κ3) is 2.69. The maximum atomic E-state index is 4.69. The molecule has 21 heavy (non-hydrogen) atoms. The summed E-state index contributed by atoms with van der Waals surface area (Å²) in [5.41, 5.74) is 2.25. The quantitative estimate of drug-likeness (QED) is 0.525. The van der Waals surface area contributed by atoms with E-state index in [1.807, 2.05) is 34.8 Å². The van der Waals surface area contributed by atoms with Crippen molar-refractivity contribution in [2.24, 2.45) is 0 Å². The van der Waals surface area contributed by atoms with Gasteiger partial charge < -0.3 is 0 Å². The Morgan fingerprint density at radius 3 is 1.62 bits per heavy atom. The van der Waals surface area contributed by atoms with Crippen LogP contribution in [0.4, 0.5) is 0 Å². The molecule has 2 heterocycles. The highest BCUT2D eigenvalue weighted by Crippen LogP contribution is 2.25. The minimum atomic E-state index is 1.04. The minimum absolute atomic E-state index is 1.04. The number of hydrogen-bond donors (Lipinski definition) is 0. The summed E-state index contributed by atoms with van der Waals surface area (Å²) in [4.78, 5) is 9.38. The molecule has 0 unspecified atom stereocenters. The van der Waals surface area contributed by atoms with Crippen molar-refractivity contribution in [1.82, 2.24) is 9.97 Å². The third-order valence-electron chi connectivity index (χ3n) is 3.46. The summed E-state index contributed by atoms with van der Waals surface area (Å²) >= 11 is 3.62. The number of aromatic nitrogens is 2. The number of nitrogens with zero attached hydrogens (tertiary/aromatic N) is 2. The first kappa shape index (κ1) is 12.9. The van der Waals surface area contributed by atoms with Gasteiger partial charge in [0.1, 0.15) is 0 Å². The van der Waals surface area contributed by atoms with Crippen molar-refractivity contribution in [3.8, 4) is 0 Å². The maximum Gasteiger partial charge on any atom is 0.0938 e. The van der Waals surface area contributed by atoms with Crippen molar-refractivity contribution in [3.05, 3.63) is 58.5 Å². The highest BCUT2D eigenvalue weighted by Gasteiger charge is 2.06. The first-order chi connectivity index (χ1) is 10.4. The van der Waals surface area contributed by atoms with Crippen LogP contribution in [0, 0.1) is 0 Å². The van der Waals surface area contributed by atoms with Crippen LogP contribution in [-0.2, 0) is 12.8 Å². The standard InChI is InChI=1S/C17H14N2S2/c1-3-8-14-12(6-1)18-16(20-14)10-5-11-17-19-13-7-2-4-9-15(13)21-17/h1-4,6-9H,5,10-11H2. The van der Waals surface area contributed by atoms with Crippen LogP contribution in [0.1, 0.15) is 16.4 Å². The van der Waals surface area contributed by atoms with Gasteiger partial charge in [0.05, 0.1) is 30.4 Å². The van der Waals surface area contributed by atoms with Crippen LogP contribution in [0.25, 0.3) is 20.4 Å². The second-order valence-electron chi connectivity index (χ2n) is 5.00. The van der Waals surface area contributed by atoms with Gasteiger partial charge in [-0.1, -0.05) is 24.3 Å². The summed E-state index contributed by atoms with van der Waals surface area (Å²) in [7, 11) is 0. The molecule has 2 aromatic carbocycles. The highest BCUT2D eigenvalue weighted by atomic mass is 32.1. The molecule has 0 fully saturated rings. The van der Waals surface area contributed by atoms with Gasteiger partial charge in [-0.05, 0) is 43.5 Å². The average molecular weight is 310 g/mol. The molecule has 0 bridgehead atoms. The molecule has 0 radical (unpaired) electrons. The zero-order valence-electron chi connectivity index (χ0n) is 11.5. The maximum absolute atomic E-state index is 4.69. The van der Waals surface area contributed by atoms with E-state index in [-0.39, 0.29) is 0 Å². The van der Waals surface area contributed by atoms with E-state index in [2.05, 4.69) is 46.4 Å². The molecular formula is C17H14N2S2. The molecule has 0 spiro atoms. The molecule has 0 aliphatic heterocycles. The molecule has 4 aromatic rings. The van der Waals surface area contributed by atoms with Crippen molar-refractivity contribution in [2.75, 3.05) is 0 Å². The van der Waals surface area contributed by atoms with Crippen molar-refractivity contribution >= 4 is 43.1 Å². The fourth-order valence-electron chi connectivity index (χ4n) is 2.44. The second kappa shape index (κ2) is 5.54. The van der Waals surface area contributed by atoms with Crippen LogP contribution in [-0.4, -0.2) is 9.97 Å². The van der Waals surface area contributed by atoms with Crippen molar-refractivity contribution < 1.29 is 0 Å². The minimum Gasteiger partial charge on any atom is -0.241 e. The molecule has 2 nitrogen and oxygen atoms in total. The van der Waals surface area contributed by atoms with Crippen LogP contribution in [0.3, 0.4) is 0 Å². The molecule has 0 aliphatic carbocycles. The molecule has 104 valence electrons. The Balaban J connectivity index is 1.44. The Morgan fingerprint density at radius 1 is 0.667 bits per heavy atom. The van der Waals surface area contributed by atoms with E-state index in [9.17, 15) is 0 Å². The van der Waals surface area contributed by atoms with Gasteiger partial charge in [-0.15, -0.1) is 22.7 Å². The lowest BCUT2D eigenvalue weighted by molar-refractivity contribution is 0.812. The molecule has 0 atom stereocenters. The van der Waals surface area contributed by atoms with Gasteiger partial charge >= 0.3 is 0 Å². The normalized spacial score (nSPS) is 11.4. The van der Waals surface area contributed by atoms with E-state index in [4.69, 9.17) is 0 Å². The predicted molar refractivity (Wildman–Crippen MR) is 91.3 cm³/mol. The number of thiazole rings is 2. The summed E-state index contributed by atoms with van der Waals surface area (Å²) in [6.07, 6.45) is 3.18. The monoisotopic (exact) mass is 310 g/mol. The van der Waals surface area contributed by atoms with E-state index in [0.717, 1.165) is 30.3 Å². The third-order valence-corrected chi connectivity index (χ3v) is 5.65. The molecule has 0 aliphatic rings. The molecule has 0 saturated carbocycles. The molecule has 0 amide bonds. The van der Waals surface area contributed by atoms with E-state index in [0.29, 0.717) is 0 Å². The Morgan fingerprint density at radius 2 is 1.14 bits per heavy atom. The zero-order chi connectivity index (χ0) is 14.1. The van der Waals surface area contributed by atoms with Gasteiger partial charge in [0.25, 0.3) is 0 Å². The van der Waals surface area contributed by atoms with Gasteiger partial charge in [0.2, 0.25) is 0 Å². The SMILES string of the molecule is c1ccc2sc(CCCc3nc4ccccc4s3)nc2c1. The van der Waals surface area contributed by atoms with E-state index in [1.165, 1.54) is 19.4 Å². The summed E-state index contributed by atoms with van der Waals surface area (Å²) in [5.74, 6) is 0. The first-order valence-corrected chi connectivity index (χ1v) is 8.71. The van der Waals surface area contributed by atoms with Gasteiger partial charge in [-0.2, -0.15) is 0 Å². The van der Waals surface area contributed by atoms with Gasteiger partial charge in [-0.3, -0.25) is 0 Å². The zero-order valence-corrected chi connectivity index (χ0v) is 13.1. The van der Waals surface area contributed by atoms with E-state index in [1.54, 1.807) is 0 Å². The lowest BCUT2D eigenvalue weighted by Gasteiger charge is -1.94. The van der Waals surface area contributed by atoms with Crippen LogP contribution in [0.2, 0.25) is 0 Å². The first-order valence-electron chi connectivity index (χ1n) is 7.07. The molecule has 0 N–H and O–H groups in total. The van der Waals surface area contributed by atoms with E-state index >= 15 is 0 Å². The number of fused-ring (bicyclic) bond motifs is 2. The Bertz CT molecular complexity index is 752. The number of para-hydroxylation sites is 2. The Kier molecular flexibility index (Phi) is 3.41. The molecule has 4 rings (SSSR count). The lowest BCUT2D eigenvalue weighted by Crippen LogP contribution is -1.88. The molecular weight excluding hydrogens is 296 g/mol. The number of hydrogen-bond acceptors (Lipinski definition) is 4. The van der Waals surface area contributed by atoms with Gasteiger partial charge in [0.15, 0.2) is 0 Å². The Labute approximate surface area is 131 Å². The van der Waals surface area contributed by atoms with Gasteiger partial charge in [-0.25, -0.2) is 9.97 Å². The summed E-state index contributed by atoms with van der Waals surface area (Å²) < 4.78 is 2.57. The van der Waals surface area contributed by atoms with Crippen LogP contribution in [0.5, 0.6) is 0 Å². The fraction of sp³-hybridized carbons (Fsp3) is 0.176. The van der Waals surface area contributed by atoms with Gasteiger partial charge in [0, 0.05) is 0 Å². The topological polar surface area (TPSA) is 25.8 Å². The Hall–Kier alpha value is -1.78. The number of rotatable bonds is 4. The average Bonchev–Trinajstić information content (AvgIpc) is 3.09. The van der Waals surface area contributed by atoms with Crippen molar-refractivity contribution in [2.45, 2.75) is 19.3 Å². The van der Waals surface area contributed by atoms with Crippen LogP contribution < -0.4 is 0 Å². The van der Waals surface area contributed by atoms with Crippen LogP contribution in [0.15, 0.2) is 48.5 Å². The van der Waals surface area contributed by atoms with Crippen molar-refractivity contribution in [1.29, 1.82) is 0 Å². The van der Waals surface area contributed by atoms with Crippen molar-refractivity contribution in [3.63, 3.8) is 0 Å². The van der Waals surface area contributed by atoms with Crippen LogP contribution >= 0.6 is 22.7 Å². The molecule has 0 saturated heterocycles. The summed E-state index contributed by atoms with van der Waals surface area (Å²) in [5, 5.41) is 2.47. The smallest absolute Gasteiger partial charge is 0.0938 e. The number of aryl methyl sites for hydroxylation is 2. The van der Waals surface area contributed by atoms with E-state index < -0.39 is 0 Å². The predicted octanol–water partition coefficient (Wildman–Crippen LogP) is 5.08. The second-order valence-corrected chi connectivity index (χ2v) is 7.23. The highest BCUT2D eigenvalue weighted by molar-refractivity contribution is 7.18. The fourth-order valence-corrected chi connectivity index (χ4v) is 4.46. The largest absolute Gasteiger partial charge is 0.241 e.